The second-order valence-corrected chi connectivity index (χ2v) is 5.51. The number of nitrogens with one attached hydrogen (secondary N) is 2. The van der Waals surface area contributed by atoms with Crippen molar-refractivity contribution in [3.05, 3.63) is 16.7 Å². The zero-order valence-electron chi connectivity index (χ0n) is 11.7. The third kappa shape index (κ3) is 4.79. The van der Waals surface area contributed by atoms with Gasteiger partial charge in [-0.05, 0) is 32.2 Å². The Morgan fingerprint density at radius 2 is 2.42 bits per heavy atom. The maximum atomic E-state index is 6.12. The summed E-state index contributed by atoms with van der Waals surface area (Å²) in [6, 6.07) is 0. The van der Waals surface area contributed by atoms with E-state index < -0.39 is 0 Å². The van der Waals surface area contributed by atoms with Crippen LogP contribution in [0.25, 0.3) is 0 Å². The molecule has 0 radical (unpaired) electrons. The third-order valence-corrected chi connectivity index (χ3v) is 3.83. The van der Waals surface area contributed by atoms with Gasteiger partial charge in [0.25, 0.3) is 0 Å². The van der Waals surface area contributed by atoms with Crippen molar-refractivity contribution in [3.8, 4) is 0 Å². The Labute approximate surface area is 120 Å². The highest BCUT2D eigenvalue weighted by Gasteiger charge is 2.14. The van der Waals surface area contributed by atoms with Crippen LogP contribution in [0.3, 0.4) is 0 Å². The van der Waals surface area contributed by atoms with E-state index in [0.717, 1.165) is 50.5 Å². The van der Waals surface area contributed by atoms with Crippen LogP contribution in [0.15, 0.2) is 0 Å². The normalized spacial score (nSPS) is 19.2. The molecule has 1 unspecified atom stereocenters. The molecule has 108 valence electrons. The first-order valence-electron chi connectivity index (χ1n) is 7.35. The van der Waals surface area contributed by atoms with Crippen molar-refractivity contribution < 1.29 is 4.74 Å². The van der Waals surface area contributed by atoms with Crippen LogP contribution in [0.4, 0.5) is 0 Å². The molecule has 1 fully saturated rings. The standard InChI is InChI=1S/C14H24ClN3O/c1-2-3-6-13-17-12(14(15)18-13)10-16-8-7-11-5-4-9-19-11/h11,16H,2-10H2,1H3,(H,17,18). The van der Waals surface area contributed by atoms with E-state index in [1.54, 1.807) is 0 Å². The van der Waals surface area contributed by atoms with Crippen molar-refractivity contribution in [2.75, 3.05) is 13.2 Å². The van der Waals surface area contributed by atoms with E-state index >= 15 is 0 Å². The molecule has 0 aliphatic carbocycles. The summed E-state index contributed by atoms with van der Waals surface area (Å²) in [5, 5.41) is 4.01. The van der Waals surface area contributed by atoms with E-state index in [2.05, 4.69) is 22.2 Å². The Hall–Kier alpha value is -0.580. The lowest BCUT2D eigenvalue weighted by Crippen LogP contribution is -2.20. The van der Waals surface area contributed by atoms with E-state index in [-0.39, 0.29) is 0 Å². The van der Waals surface area contributed by atoms with Crippen molar-refractivity contribution in [2.45, 2.75) is 58.1 Å². The molecule has 1 aliphatic rings. The van der Waals surface area contributed by atoms with Gasteiger partial charge in [0.2, 0.25) is 0 Å². The largest absolute Gasteiger partial charge is 0.378 e. The monoisotopic (exact) mass is 285 g/mol. The summed E-state index contributed by atoms with van der Waals surface area (Å²) >= 11 is 6.12. The fourth-order valence-corrected chi connectivity index (χ4v) is 2.58. The molecule has 1 aromatic rings. The molecule has 2 heterocycles. The molecule has 1 aliphatic heterocycles. The van der Waals surface area contributed by atoms with Crippen molar-refractivity contribution in [2.24, 2.45) is 0 Å². The number of halogens is 1. The number of nitrogens with zero attached hydrogens (tertiary/aromatic N) is 1. The predicted octanol–water partition coefficient (Wildman–Crippen LogP) is 3.06. The molecule has 4 nitrogen and oxygen atoms in total. The van der Waals surface area contributed by atoms with Gasteiger partial charge >= 0.3 is 0 Å². The summed E-state index contributed by atoms with van der Waals surface area (Å²) in [7, 11) is 0. The summed E-state index contributed by atoms with van der Waals surface area (Å²) < 4.78 is 5.59. The molecule has 1 aromatic heterocycles. The number of aromatic amines is 1. The van der Waals surface area contributed by atoms with E-state index in [9.17, 15) is 0 Å². The van der Waals surface area contributed by atoms with E-state index in [4.69, 9.17) is 16.3 Å². The second kappa shape index (κ2) is 7.88. The highest BCUT2D eigenvalue weighted by Crippen LogP contribution is 2.16. The molecule has 2 N–H and O–H groups in total. The minimum absolute atomic E-state index is 0.449. The highest BCUT2D eigenvalue weighted by atomic mass is 35.5. The quantitative estimate of drug-likeness (QED) is 0.722. The summed E-state index contributed by atoms with van der Waals surface area (Å²) in [6.45, 7) is 4.82. The Bertz CT molecular complexity index is 375. The SMILES string of the molecule is CCCCc1nc(Cl)c(CNCCC2CCCO2)[nH]1. The molecule has 0 aromatic carbocycles. The lowest BCUT2D eigenvalue weighted by Gasteiger charge is -2.09. The first-order valence-corrected chi connectivity index (χ1v) is 7.73. The molecule has 0 amide bonds. The van der Waals surface area contributed by atoms with E-state index in [1.807, 2.05) is 0 Å². The number of aryl methyl sites for hydroxylation is 1. The molecule has 1 atom stereocenters. The lowest BCUT2D eigenvalue weighted by atomic mass is 10.2. The van der Waals surface area contributed by atoms with E-state index in [1.165, 1.54) is 19.3 Å². The van der Waals surface area contributed by atoms with Gasteiger partial charge in [-0.2, -0.15) is 0 Å². The number of imidazole rings is 1. The first kappa shape index (κ1) is 14.8. The van der Waals surface area contributed by atoms with Crippen molar-refractivity contribution in [1.82, 2.24) is 15.3 Å². The Balaban J connectivity index is 1.68. The molecule has 0 spiro atoms. The molecular weight excluding hydrogens is 262 g/mol. The zero-order valence-corrected chi connectivity index (χ0v) is 12.4. The van der Waals surface area contributed by atoms with Gasteiger partial charge in [-0.3, -0.25) is 0 Å². The number of rotatable bonds is 8. The average molecular weight is 286 g/mol. The Kier molecular flexibility index (Phi) is 6.14. The minimum atomic E-state index is 0.449. The fraction of sp³-hybridized carbons (Fsp3) is 0.786. The average Bonchev–Trinajstić information content (AvgIpc) is 3.02. The van der Waals surface area contributed by atoms with Crippen LogP contribution in [0.5, 0.6) is 0 Å². The molecule has 0 bridgehead atoms. The van der Waals surface area contributed by atoms with Gasteiger partial charge in [0.1, 0.15) is 5.82 Å². The summed E-state index contributed by atoms with van der Waals surface area (Å²) in [5.41, 5.74) is 1.00. The number of H-pyrrole nitrogens is 1. The lowest BCUT2D eigenvalue weighted by molar-refractivity contribution is 0.104. The van der Waals surface area contributed by atoms with Gasteiger partial charge < -0.3 is 15.0 Å². The Morgan fingerprint density at radius 1 is 1.53 bits per heavy atom. The van der Waals surface area contributed by atoms with Crippen molar-refractivity contribution in [1.29, 1.82) is 0 Å². The number of hydrogen-bond donors (Lipinski definition) is 2. The van der Waals surface area contributed by atoms with Crippen molar-refractivity contribution in [3.63, 3.8) is 0 Å². The van der Waals surface area contributed by atoms with Crippen LogP contribution in [0, 0.1) is 0 Å². The molecule has 19 heavy (non-hydrogen) atoms. The molecule has 0 saturated carbocycles. The third-order valence-electron chi connectivity index (χ3n) is 3.51. The van der Waals surface area contributed by atoms with Crippen LogP contribution >= 0.6 is 11.6 Å². The molecule has 5 heteroatoms. The van der Waals surface area contributed by atoms with Gasteiger partial charge in [0.15, 0.2) is 5.15 Å². The van der Waals surface area contributed by atoms with Crippen LogP contribution in [-0.2, 0) is 17.7 Å². The zero-order chi connectivity index (χ0) is 13.5. The number of unbranched alkanes of at least 4 members (excludes halogenated alkanes) is 1. The number of hydrogen-bond acceptors (Lipinski definition) is 3. The van der Waals surface area contributed by atoms with Gasteiger partial charge in [0.05, 0.1) is 11.8 Å². The van der Waals surface area contributed by atoms with Crippen LogP contribution in [0.2, 0.25) is 5.15 Å². The first-order chi connectivity index (χ1) is 9.29. The summed E-state index contributed by atoms with van der Waals surface area (Å²) in [4.78, 5) is 7.66. The molecule has 2 rings (SSSR count). The van der Waals surface area contributed by atoms with E-state index in [0.29, 0.717) is 11.3 Å². The summed E-state index contributed by atoms with van der Waals surface area (Å²) in [6.07, 6.45) is 7.24. The van der Waals surface area contributed by atoms with Crippen LogP contribution in [0.1, 0.15) is 50.5 Å². The Morgan fingerprint density at radius 3 is 3.16 bits per heavy atom. The minimum Gasteiger partial charge on any atom is -0.378 e. The van der Waals surface area contributed by atoms with Gasteiger partial charge in [0, 0.05) is 19.6 Å². The van der Waals surface area contributed by atoms with Crippen LogP contribution in [-0.4, -0.2) is 29.2 Å². The number of ether oxygens (including phenoxy) is 1. The maximum Gasteiger partial charge on any atom is 0.151 e. The maximum absolute atomic E-state index is 6.12. The predicted molar refractivity (Wildman–Crippen MR) is 77.5 cm³/mol. The van der Waals surface area contributed by atoms with Gasteiger partial charge in [-0.15, -0.1) is 0 Å². The fourth-order valence-electron chi connectivity index (χ4n) is 2.37. The highest BCUT2D eigenvalue weighted by molar-refractivity contribution is 6.30. The topological polar surface area (TPSA) is 49.9 Å². The summed E-state index contributed by atoms with van der Waals surface area (Å²) in [5.74, 6) is 1.00. The second-order valence-electron chi connectivity index (χ2n) is 5.16. The van der Waals surface area contributed by atoms with Gasteiger partial charge in [-0.1, -0.05) is 24.9 Å². The molecule has 1 saturated heterocycles. The van der Waals surface area contributed by atoms with Crippen molar-refractivity contribution >= 4 is 11.6 Å². The molecular formula is C14H24ClN3O. The van der Waals surface area contributed by atoms with Gasteiger partial charge in [-0.25, -0.2) is 4.98 Å². The number of aromatic nitrogens is 2. The van der Waals surface area contributed by atoms with Crippen LogP contribution < -0.4 is 5.32 Å². The smallest absolute Gasteiger partial charge is 0.151 e.